The molecule has 2 N–H and O–H groups in total. The summed E-state index contributed by atoms with van der Waals surface area (Å²) in [6.07, 6.45) is 4.71. The molecule has 2 aromatic rings. The molecule has 1 aromatic heterocycles. The molecule has 0 bridgehead atoms. The van der Waals surface area contributed by atoms with E-state index < -0.39 is 0 Å². The largest absolute Gasteiger partial charge is 0.356 e. The topological polar surface area (TPSA) is 60.7 Å². The first kappa shape index (κ1) is 25.6. The molecule has 1 aliphatic rings. The lowest BCUT2D eigenvalue weighted by molar-refractivity contribution is 0.124. The van der Waals surface area contributed by atoms with Crippen molar-refractivity contribution >= 4 is 29.9 Å². The van der Waals surface area contributed by atoms with Gasteiger partial charge < -0.3 is 20.4 Å². The van der Waals surface area contributed by atoms with Gasteiger partial charge in [-0.15, -0.1) is 24.0 Å². The molecule has 1 atom stereocenters. The van der Waals surface area contributed by atoms with Gasteiger partial charge in [0.05, 0.1) is 5.69 Å². The zero-order valence-corrected chi connectivity index (χ0v) is 21.5. The molecule has 172 valence electrons. The lowest BCUT2D eigenvalue weighted by Gasteiger charge is -2.35. The fraction of sp³-hybridized carbons (Fsp3) is 0.565. The number of hydrogen-bond acceptors (Lipinski definition) is 4. The van der Waals surface area contributed by atoms with Crippen LogP contribution in [-0.4, -0.2) is 84.9 Å². The third-order valence-corrected chi connectivity index (χ3v) is 5.73. The minimum atomic E-state index is 0. The maximum absolute atomic E-state index is 4.37. The van der Waals surface area contributed by atoms with Gasteiger partial charge in [-0.25, -0.2) is 4.68 Å². The van der Waals surface area contributed by atoms with Crippen molar-refractivity contribution in [3.8, 4) is 5.69 Å². The highest BCUT2D eigenvalue weighted by Crippen LogP contribution is 2.09. The van der Waals surface area contributed by atoms with Gasteiger partial charge in [0.2, 0.25) is 0 Å². The van der Waals surface area contributed by atoms with Crippen LogP contribution in [-0.2, 0) is 6.42 Å². The Kier molecular flexibility index (Phi) is 11.3. The molecule has 1 aliphatic heterocycles. The summed E-state index contributed by atoms with van der Waals surface area (Å²) in [5.74, 6) is 1.47. The second kappa shape index (κ2) is 13.7. The van der Waals surface area contributed by atoms with Crippen molar-refractivity contribution in [2.24, 2.45) is 10.9 Å². The van der Waals surface area contributed by atoms with Crippen LogP contribution in [0.5, 0.6) is 0 Å². The molecule has 1 fully saturated rings. The lowest BCUT2D eigenvalue weighted by Crippen LogP contribution is -2.48. The molecular weight excluding hydrogens is 501 g/mol. The van der Waals surface area contributed by atoms with Gasteiger partial charge in [-0.2, -0.15) is 5.10 Å². The lowest BCUT2D eigenvalue weighted by atomic mass is 10.1. The standard InChI is InChI=1S/C23H37N7.HI/c1-4-28-14-16-29(17-15-28)19-20(2)18-26-23(24-3)25-12-10-21-6-8-22(9-7-21)30-13-5-11-27-30;/h5-9,11,13,20H,4,10,12,14-19H2,1-3H3,(H2,24,25,26);1H. The first-order chi connectivity index (χ1) is 14.7. The molecule has 0 radical (unpaired) electrons. The van der Waals surface area contributed by atoms with Crippen molar-refractivity contribution in [3.63, 3.8) is 0 Å². The number of rotatable bonds is 9. The molecule has 0 saturated carbocycles. The normalized spacial score (nSPS) is 16.5. The summed E-state index contributed by atoms with van der Waals surface area (Å²) in [6, 6.07) is 10.5. The maximum Gasteiger partial charge on any atom is 0.190 e. The third-order valence-electron chi connectivity index (χ3n) is 5.73. The Morgan fingerprint density at radius 1 is 1.10 bits per heavy atom. The Balaban J connectivity index is 0.00000341. The Hall–Kier alpha value is -1.65. The predicted molar refractivity (Wildman–Crippen MR) is 140 cm³/mol. The van der Waals surface area contributed by atoms with Crippen LogP contribution < -0.4 is 10.6 Å². The molecular formula is C23H38IN7. The molecule has 31 heavy (non-hydrogen) atoms. The van der Waals surface area contributed by atoms with E-state index in [4.69, 9.17) is 0 Å². The average molecular weight is 540 g/mol. The Bertz CT molecular complexity index is 753. The van der Waals surface area contributed by atoms with Crippen LogP contribution in [0.4, 0.5) is 0 Å². The molecule has 3 rings (SSSR count). The average Bonchev–Trinajstić information content (AvgIpc) is 3.32. The molecule has 7 nitrogen and oxygen atoms in total. The fourth-order valence-corrected chi connectivity index (χ4v) is 3.85. The van der Waals surface area contributed by atoms with Crippen molar-refractivity contribution in [2.45, 2.75) is 20.3 Å². The van der Waals surface area contributed by atoms with Crippen LogP contribution in [0.3, 0.4) is 0 Å². The van der Waals surface area contributed by atoms with E-state index in [1.165, 1.54) is 38.3 Å². The molecule has 2 heterocycles. The smallest absolute Gasteiger partial charge is 0.190 e. The summed E-state index contributed by atoms with van der Waals surface area (Å²) < 4.78 is 1.87. The van der Waals surface area contributed by atoms with Crippen LogP contribution in [0, 0.1) is 5.92 Å². The number of guanidine groups is 1. The van der Waals surface area contributed by atoms with Gasteiger partial charge in [0.15, 0.2) is 5.96 Å². The maximum atomic E-state index is 4.37. The van der Waals surface area contributed by atoms with E-state index in [0.717, 1.165) is 37.7 Å². The number of piperazine rings is 1. The van der Waals surface area contributed by atoms with E-state index in [9.17, 15) is 0 Å². The van der Waals surface area contributed by atoms with Gasteiger partial charge in [0, 0.05) is 65.3 Å². The fourth-order valence-electron chi connectivity index (χ4n) is 3.85. The van der Waals surface area contributed by atoms with E-state index >= 15 is 0 Å². The van der Waals surface area contributed by atoms with E-state index in [1.54, 1.807) is 6.20 Å². The summed E-state index contributed by atoms with van der Waals surface area (Å²) in [5.41, 5.74) is 2.38. The van der Waals surface area contributed by atoms with Crippen molar-refractivity contribution < 1.29 is 0 Å². The number of halogens is 1. The summed E-state index contributed by atoms with van der Waals surface area (Å²) >= 11 is 0. The van der Waals surface area contributed by atoms with Crippen LogP contribution in [0.25, 0.3) is 5.69 Å². The number of nitrogens with one attached hydrogen (secondary N) is 2. The van der Waals surface area contributed by atoms with Gasteiger partial charge in [0.25, 0.3) is 0 Å². The summed E-state index contributed by atoms with van der Waals surface area (Å²) in [5, 5.41) is 11.2. The molecule has 0 aliphatic carbocycles. The Labute approximate surface area is 204 Å². The van der Waals surface area contributed by atoms with Gasteiger partial charge in [-0.1, -0.05) is 26.0 Å². The van der Waals surface area contributed by atoms with Crippen molar-refractivity contribution in [1.82, 2.24) is 30.2 Å². The molecule has 0 amide bonds. The van der Waals surface area contributed by atoms with E-state index in [1.807, 2.05) is 24.0 Å². The minimum Gasteiger partial charge on any atom is -0.356 e. The number of likely N-dealkylation sites (N-methyl/N-ethyl adjacent to an activating group) is 1. The number of nitrogens with zero attached hydrogens (tertiary/aromatic N) is 5. The zero-order chi connectivity index (χ0) is 21.2. The zero-order valence-electron chi connectivity index (χ0n) is 19.1. The number of benzene rings is 1. The van der Waals surface area contributed by atoms with Crippen molar-refractivity contribution in [1.29, 1.82) is 0 Å². The number of aliphatic imine (C=N–C) groups is 1. The van der Waals surface area contributed by atoms with Crippen molar-refractivity contribution in [3.05, 3.63) is 48.3 Å². The molecule has 8 heteroatoms. The van der Waals surface area contributed by atoms with Gasteiger partial charge in [-0.05, 0) is 42.6 Å². The van der Waals surface area contributed by atoms with Gasteiger partial charge in [0.1, 0.15) is 0 Å². The van der Waals surface area contributed by atoms with Gasteiger partial charge >= 0.3 is 0 Å². The van der Waals surface area contributed by atoms with Crippen LogP contribution in [0.2, 0.25) is 0 Å². The molecule has 1 saturated heterocycles. The SMILES string of the molecule is CCN1CCN(CC(C)CNC(=NC)NCCc2ccc(-n3cccn3)cc2)CC1.I. The molecule has 0 spiro atoms. The second-order valence-corrected chi connectivity index (χ2v) is 8.09. The quantitative estimate of drug-likeness (QED) is 0.292. The van der Waals surface area contributed by atoms with Gasteiger partial charge in [-0.3, -0.25) is 4.99 Å². The van der Waals surface area contributed by atoms with Crippen LogP contribution in [0.1, 0.15) is 19.4 Å². The highest BCUT2D eigenvalue weighted by molar-refractivity contribution is 14.0. The van der Waals surface area contributed by atoms with E-state index in [2.05, 4.69) is 68.6 Å². The van der Waals surface area contributed by atoms with E-state index in [-0.39, 0.29) is 24.0 Å². The monoisotopic (exact) mass is 539 g/mol. The first-order valence-electron chi connectivity index (χ1n) is 11.2. The summed E-state index contributed by atoms with van der Waals surface area (Å²) in [4.78, 5) is 9.48. The first-order valence-corrected chi connectivity index (χ1v) is 11.2. The highest BCUT2D eigenvalue weighted by atomic mass is 127. The number of aromatic nitrogens is 2. The Morgan fingerprint density at radius 3 is 2.42 bits per heavy atom. The summed E-state index contributed by atoms with van der Waals surface area (Å²) in [6.45, 7) is 13.4. The highest BCUT2D eigenvalue weighted by Gasteiger charge is 2.17. The van der Waals surface area contributed by atoms with Crippen LogP contribution in [0.15, 0.2) is 47.7 Å². The third kappa shape index (κ3) is 8.42. The summed E-state index contributed by atoms with van der Waals surface area (Å²) in [7, 11) is 1.84. The van der Waals surface area contributed by atoms with Crippen molar-refractivity contribution in [2.75, 3.05) is 59.4 Å². The molecule has 1 aromatic carbocycles. The van der Waals surface area contributed by atoms with Crippen LogP contribution >= 0.6 is 24.0 Å². The predicted octanol–water partition coefficient (Wildman–Crippen LogP) is 2.47. The number of hydrogen-bond donors (Lipinski definition) is 2. The minimum absolute atomic E-state index is 0. The second-order valence-electron chi connectivity index (χ2n) is 8.09. The molecule has 1 unspecified atom stereocenters. The Morgan fingerprint density at radius 2 is 1.81 bits per heavy atom. The van der Waals surface area contributed by atoms with E-state index in [0.29, 0.717) is 5.92 Å².